The number of carbonyl (C=O) groups is 1. The van der Waals surface area contributed by atoms with Crippen molar-refractivity contribution < 1.29 is 9.53 Å². The number of urea groups is 1. The highest BCUT2D eigenvalue weighted by Gasteiger charge is 2.31. The molecule has 1 fully saturated rings. The van der Waals surface area contributed by atoms with Crippen molar-refractivity contribution in [2.75, 3.05) is 18.5 Å². The summed E-state index contributed by atoms with van der Waals surface area (Å²) in [6, 6.07) is 16.5. The van der Waals surface area contributed by atoms with Gasteiger partial charge < -0.3 is 15.4 Å². The largest absolute Gasteiger partial charge is 0.494 e. The lowest BCUT2D eigenvalue weighted by molar-refractivity contribution is 0.251. The number of nitrogens with zero attached hydrogens (tertiary/aromatic N) is 3. The number of unbranched alkanes of at least 4 members (excludes halogenated alkanes) is 1. The topological polar surface area (TPSA) is 90.2 Å². The van der Waals surface area contributed by atoms with Gasteiger partial charge in [0.25, 0.3) is 0 Å². The second-order valence-corrected chi connectivity index (χ2v) is 7.92. The zero-order valence-electron chi connectivity index (χ0n) is 18.3. The first-order valence-corrected chi connectivity index (χ1v) is 11.2. The summed E-state index contributed by atoms with van der Waals surface area (Å²) < 4.78 is 8.74. The van der Waals surface area contributed by atoms with Gasteiger partial charge in [-0.05, 0) is 55.7 Å². The average molecular weight is 436 g/mol. The number of aromatic nitrogens is 3. The quantitative estimate of drug-likeness (QED) is 0.473. The Morgan fingerprint density at radius 2 is 1.88 bits per heavy atom. The van der Waals surface area contributed by atoms with Crippen LogP contribution in [0.2, 0.25) is 0 Å². The molecule has 2 amide bonds. The predicted octanol–water partition coefficient (Wildman–Crippen LogP) is 3.91. The Hall–Kier alpha value is -3.55. The molecule has 0 saturated heterocycles. The fourth-order valence-corrected chi connectivity index (χ4v) is 3.42. The average Bonchev–Trinajstić information content (AvgIpc) is 3.60. The molecule has 8 heteroatoms. The van der Waals surface area contributed by atoms with Crippen molar-refractivity contribution in [3.05, 3.63) is 70.9 Å². The maximum absolute atomic E-state index is 12.9. The molecule has 1 heterocycles. The van der Waals surface area contributed by atoms with E-state index in [0.717, 1.165) is 42.9 Å². The lowest BCUT2D eigenvalue weighted by Crippen LogP contribution is -2.34. The van der Waals surface area contributed by atoms with Crippen LogP contribution in [-0.4, -0.2) is 33.5 Å². The molecule has 0 unspecified atom stereocenters. The molecule has 1 aliphatic rings. The zero-order valence-corrected chi connectivity index (χ0v) is 18.3. The van der Waals surface area contributed by atoms with Crippen LogP contribution in [0.15, 0.2) is 59.4 Å². The number of benzene rings is 2. The number of ether oxygens (including phenoxy) is 1. The van der Waals surface area contributed by atoms with Crippen LogP contribution in [0.5, 0.6) is 5.75 Å². The van der Waals surface area contributed by atoms with Gasteiger partial charge in [0, 0.05) is 18.2 Å². The summed E-state index contributed by atoms with van der Waals surface area (Å²) in [5.41, 5.74) is 1.31. The molecule has 1 aliphatic carbocycles. The van der Waals surface area contributed by atoms with Crippen LogP contribution in [-0.2, 0) is 6.54 Å². The van der Waals surface area contributed by atoms with E-state index in [-0.39, 0.29) is 11.7 Å². The van der Waals surface area contributed by atoms with Gasteiger partial charge in [-0.1, -0.05) is 31.5 Å². The third kappa shape index (κ3) is 5.38. The number of para-hydroxylation sites is 1. The summed E-state index contributed by atoms with van der Waals surface area (Å²) in [6.07, 6.45) is 4.19. The molecule has 32 heavy (non-hydrogen) atoms. The second-order valence-electron chi connectivity index (χ2n) is 7.92. The molecule has 2 aromatic carbocycles. The lowest BCUT2D eigenvalue weighted by atomic mass is 10.3. The summed E-state index contributed by atoms with van der Waals surface area (Å²) in [5.74, 6) is 1.91. The maximum Gasteiger partial charge on any atom is 0.350 e. The number of amides is 2. The predicted molar refractivity (Wildman–Crippen MR) is 124 cm³/mol. The highest BCUT2D eigenvalue weighted by Crippen LogP contribution is 2.39. The van der Waals surface area contributed by atoms with Crippen LogP contribution in [0, 0.1) is 0 Å². The standard InChI is InChI=1S/C24H29N5O3/c1-2-3-17-32-21-13-11-19(12-14-21)26-23(30)25-15-16-28-24(31)29(20-7-5-4-6-8-20)22(27-28)18-9-10-18/h4-8,11-14,18H,2-3,9-10,15-17H2,1H3,(H2,25,26,30). The van der Waals surface area contributed by atoms with Crippen molar-refractivity contribution in [2.45, 2.75) is 45.1 Å². The van der Waals surface area contributed by atoms with Crippen LogP contribution in [0.1, 0.15) is 44.3 Å². The monoisotopic (exact) mass is 435 g/mol. The van der Waals surface area contributed by atoms with Gasteiger partial charge in [0.15, 0.2) is 0 Å². The molecule has 1 saturated carbocycles. The summed E-state index contributed by atoms with van der Waals surface area (Å²) in [6.45, 7) is 3.40. The van der Waals surface area contributed by atoms with E-state index in [1.54, 1.807) is 16.7 Å². The molecule has 0 aliphatic heterocycles. The van der Waals surface area contributed by atoms with E-state index in [4.69, 9.17) is 4.74 Å². The molecule has 168 valence electrons. The molecule has 4 rings (SSSR count). The molecule has 1 aromatic heterocycles. The fraction of sp³-hybridized carbons (Fsp3) is 0.375. The minimum Gasteiger partial charge on any atom is -0.494 e. The Morgan fingerprint density at radius 3 is 2.56 bits per heavy atom. The Labute approximate surface area is 187 Å². The van der Waals surface area contributed by atoms with Crippen molar-refractivity contribution in [3.63, 3.8) is 0 Å². The normalized spacial score (nSPS) is 13.0. The first-order chi connectivity index (χ1) is 15.7. The molecule has 2 N–H and O–H groups in total. The van der Waals surface area contributed by atoms with E-state index in [1.165, 1.54) is 4.68 Å². The van der Waals surface area contributed by atoms with E-state index >= 15 is 0 Å². The molecular formula is C24H29N5O3. The van der Waals surface area contributed by atoms with E-state index in [0.29, 0.717) is 31.3 Å². The summed E-state index contributed by atoms with van der Waals surface area (Å²) in [4.78, 5) is 25.2. The van der Waals surface area contributed by atoms with Gasteiger partial charge in [0.1, 0.15) is 11.6 Å². The third-order valence-electron chi connectivity index (χ3n) is 5.31. The van der Waals surface area contributed by atoms with Crippen molar-refractivity contribution >= 4 is 11.7 Å². The lowest BCUT2D eigenvalue weighted by Gasteiger charge is -2.09. The molecule has 0 radical (unpaired) electrons. The minimum atomic E-state index is -0.331. The summed E-state index contributed by atoms with van der Waals surface area (Å²) in [5, 5.41) is 10.1. The minimum absolute atomic E-state index is 0.182. The van der Waals surface area contributed by atoms with Crippen LogP contribution >= 0.6 is 0 Å². The summed E-state index contributed by atoms with van der Waals surface area (Å²) in [7, 11) is 0. The number of anilines is 1. The van der Waals surface area contributed by atoms with Gasteiger partial charge in [-0.15, -0.1) is 0 Å². The third-order valence-corrected chi connectivity index (χ3v) is 5.31. The fourth-order valence-electron chi connectivity index (χ4n) is 3.42. The van der Waals surface area contributed by atoms with Crippen molar-refractivity contribution in [2.24, 2.45) is 0 Å². The van der Waals surface area contributed by atoms with Gasteiger partial charge in [-0.25, -0.2) is 18.8 Å². The maximum atomic E-state index is 12.9. The van der Waals surface area contributed by atoms with E-state index in [9.17, 15) is 9.59 Å². The van der Waals surface area contributed by atoms with E-state index in [2.05, 4.69) is 22.7 Å². The van der Waals surface area contributed by atoms with Gasteiger partial charge in [0.2, 0.25) is 0 Å². The summed E-state index contributed by atoms with van der Waals surface area (Å²) >= 11 is 0. The molecular weight excluding hydrogens is 406 g/mol. The first kappa shape index (κ1) is 21.7. The molecule has 0 spiro atoms. The van der Waals surface area contributed by atoms with Crippen LogP contribution in [0.3, 0.4) is 0 Å². The smallest absolute Gasteiger partial charge is 0.350 e. The SMILES string of the molecule is CCCCOc1ccc(NC(=O)NCCn2nc(C3CC3)n(-c3ccccc3)c2=O)cc1. The van der Waals surface area contributed by atoms with Crippen LogP contribution in [0.4, 0.5) is 10.5 Å². The number of nitrogens with one attached hydrogen (secondary N) is 2. The Kier molecular flexibility index (Phi) is 6.89. The van der Waals surface area contributed by atoms with Crippen molar-refractivity contribution in [1.82, 2.24) is 19.7 Å². The number of hydrogen-bond acceptors (Lipinski definition) is 4. The molecule has 0 bridgehead atoms. The van der Waals surface area contributed by atoms with Gasteiger partial charge in [-0.3, -0.25) is 0 Å². The van der Waals surface area contributed by atoms with Crippen molar-refractivity contribution in [3.8, 4) is 11.4 Å². The molecule has 3 aromatic rings. The Morgan fingerprint density at radius 1 is 1.12 bits per heavy atom. The van der Waals surface area contributed by atoms with Gasteiger partial charge >= 0.3 is 11.7 Å². The Balaban J connectivity index is 1.32. The second kappa shape index (κ2) is 10.2. The highest BCUT2D eigenvalue weighted by atomic mass is 16.5. The first-order valence-electron chi connectivity index (χ1n) is 11.2. The molecule has 0 atom stereocenters. The van der Waals surface area contributed by atoms with E-state index < -0.39 is 0 Å². The number of hydrogen-bond donors (Lipinski definition) is 2. The number of rotatable bonds is 10. The number of carbonyl (C=O) groups excluding carboxylic acids is 1. The van der Waals surface area contributed by atoms with Crippen LogP contribution in [0.25, 0.3) is 5.69 Å². The van der Waals surface area contributed by atoms with Crippen LogP contribution < -0.4 is 21.1 Å². The van der Waals surface area contributed by atoms with Crippen molar-refractivity contribution in [1.29, 1.82) is 0 Å². The van der Waals surface area contributed by atoms with Gasteiger partial charge in [-0.2, -0.15) is 5.10 Å². The van der Waals surface area contributed by atoms with Gasteiger partial charge in [0.05, 0.1) is 18.8 Å². The molecule has 8 nitrogen and oxygen atoms in total. The zero-order chi connectivity index (χ0) is 22.3. The highest BCUT2D eigenvalue weighted by molar-refractivity contribution is 5.89. The van der Waals surface area contributed by atoms with E-state index in [1.807, 2.05) is 42.5 Å². The Bertz CT molecular complexity index is 1090.